The number of carbonyl (C=O) groups is 4. The highest BCUT2D eigenvalue weighted by Gasteiger charge is 2.49. The Morgan fingerprint density at radius 3 is 1.14 bits per heavy atom. The highest BCUT2D eigenvalue weighted by atomic mass is 16.6. The largest absolute Gasteiger partial charge is 0.490 e. The highest BCUT2D eigenvalue weighted by molar-refractivity contribution is 6.06. The molecule has 12 nitrogen and oxygen atoms in total. The maximum Gasteiger partial charge on any atom is 0.330 e. The lowest BCUT2D eigenvalue weighted by molar-refractivity contribution is -0.139. The average Bonchev–Trinajstić information content (AvgIpc) is 1.50. The van der Waals surface area contributed by atoms with Gasteiger partial charge in [0, 0.05) is 29.7 Å². The molecule has 1 unspecified atom stereocenters. The van der Waals surface area contributed by atoms with Crippen molar-refractivity contribution >= 4 is 88.5 Å². The van der Waals surface area contributed by atoms with E-state index in [1.54, 1.807) is 0 Å². The second kappa shape index (κ2) is 29.9. The van der Waals surface area contributed by atoms with Crippen molar-refractivity contribution in [1.29, 1.82) is 0 Å². The Kier molecular flexibility index (Phi) is 19.3. The van der Waals surface area contributed by atoms with Gasteiger partial charge in [-0.2, -0.15) is 0 Å². The summed E-state index contributed by atoms with van der Waals surface area (Å²) < 4.78 is 44.4. The zero-order chi connectivity index (χ0) is 72.7. The molecule has 0 amide bonds. The van der Waals surface area contributed by atoms with Gasteiger partial charge in [0.05, 0.1) is 10.8 Å². The summed E-state index contributed by atoms with van der Waals surface area (Å²) in [6, 6.07) is 94.6. The molecule has 0 aliphatic heterocycles. The minimum absolute atomic E-state index is 0.116. The summed E-state index contributed by atoms with van der Waals surface area (Å²) in [6.07, 6.45) is 4.57. The first-order chi connectivity index (χ1) is 52.0. The van der Waals surface area contributed by atoms with Crippen molar-refractivity contribution in [2.45, 2.75) is 10.8 Å². The van der Waals surface area contributed by atoms with Crippen LogP contribution in [-0.4, -0.2) is 76.7 Å². The first-order valence-corrected chi connectivity index (χ1v) is 35.1. The smallest absolute Gasteiger partial charge is 0.330 e. The van der Waals surface area contributed by atoms with Gasteiger partial charge in [0.25, 0.3) is 0 Å². The maximum atomic E-state index is 11.6. The van der Waals surface area contributed by atoms with E-state index >= 15 is 0 Å². The molecule has 0 radical (unpaired) electrons. The SMILES string of the molecule is C=CC(=O)OCCOc1ccc2cc(C3(c4ccc(OCCOC(=O)C=C)c5ccccc45)c4ccccc4-c4cc5ccccc5cc43)ccc2c1.C=CC(=O)OCCOc1ccc2cc(C3(c4ccc5cc(OCCOC(=O)C=C)ccc5c4)c4ccccc4-c4c3ccc3ccccc43)ccc2c1. The van der Waals surface area contributed by atoms with Crippen LogP contribution in [0.25, 0.3) is 86.9 Å². The Labute approximate surface area is 613 Å². The van der Waals surface area contributed by atoms with Crippen LogP contribution in [0.5, 0.6) is 23.0 Å². The van der Waals surface area contributed by atoms with E-state index in [1.807, 2.05) is 48.5 Å². The standard InChI is InChI=1S/2C47H36O6/c1-3-45(48)52-25-23-50-36-20-18-33-27-35(19-17-34(33)28-36)47(41-16-10-9-14-38(41)40-29-31-11-5-6-12-32(31)30-43(40)47)42-21-22-44(39-15-8-7-13-37(39)42)51-24-26-53-46(49)4-2;1-3-44(48)52-25-23-50-38-20-15-32-27-36(18-13-34(32)29-38)47(37-19-14-35-30-39(21-16-33(35)28-37)51-24-26-53-45(49)4-2)42-12-8-7-11-41(42)46-40-10-6-5-9-31(40)17-22-43(46)47/h2*3-22,27-30H,1-2,23-26H2. The molecule has 520 valence electrons. The van der Waals surface area contributed by atoms with Crippen LogP contribution in [0, 0.1) is 0 Å². The van der Waals surface area contributed by atoms with Crippen molar-refractivity contribution in [3.05, 3.63) is 362 Å². The van der Waals surface area contributed by atoms with Crippen molar-refractivity contribution < 1.29 is 57.1 Å². The number of hydrogen-bond donors (Lipinski definition) is 0. The molecule has 0 fully saturated rings. The van der Waals surface area contributed by atoms with Crippen LogP contribution in [0.1, 0.15) is 44.5 Å². The number of fused-ring (bicyclic) bond motifs is 13. The quantitative estimate of drug-likeness (QED) is 0.0246. The summed E-state index contributed by atoms with van der Waals surface area (Å²) in [5.41, 5.74) is 13.0. The Balaban J connectivity index is 0.000000170. The monoisotopic (exact) mass is 1390 g/mol. The first-order valence-electron chi connectivity index (χ1n) is 35.1. The highest BCUT2D eigenvalue weighted by Crippen LogP contribution is 2.60. The van der Waals surface area contributed by atoms with E-state index in [1.165, 1.54) is 66.1 Å². The average molecular weight is 1390 g/mol. The van der Waals surface area contributed by atoms with Crippen molar-refractivity contribution in [1.82, 2.24) is 0 Å². The molecule has 12 heteroatoms. The molecule has 0 aromatic heterocycles. The van der Waals surface area contributed by atoms with Crippen molar-refractivity contribution in [2.75, 3.05) is 52.9 Å². The van der Waals surface area contributed by atoms with Crippen LogP contribution in [0.15, 0.2) is 318 Å². The van der Waals surface area contributed by atoms with E-state index < -0.39 is 34.7 Å². The van der Waals surface area contributed by atoms with Crippen LogP contribution in [-0.2, 0) is 49.0 Å². The Morgan fingerprint density at radius 1 is 0.264 bits per heavy atom. The third kappa shape index (κ3) is 12.9. The molecule has 1 atom stereocenters. The van der Waals surface area contributed by atoms with Gasteiger partial charge in [-0.15, -0.1) is 0 Å². The molecular formula is C94H72O12. The molecular weight excluding hydrogens is 1320 g/mol. The molecule has 0 heterocycles. The molecule has 2 aliphatic rings. The Morgan fingerprint density at radius 2 is 0.632 bits per heavy atom. The molecule has 14 aromatic carbocycles. The van der Waals surface area contributed by atoms with E-state index in [-0.39, 0.29) is 52.9 Å². The number of carbonyl (C=O) groups excluding carboxylic acids is 4. The second-order valence-corrected chi connectivity index (χ2v) is 25.8. The molecule has 14 aromatic rings. The van der Waals surface area contributed by atoms with Crippen LogP contribution in [0.4, 0.5) is 0 Å². The van der Waals surface area contributed by atoms with Crippen LogP contribution < -0.4 is 18.9 Å². The first kappa shape index (κ1) is 68.4. The summed E-state index contributed by atoms with van der Waals surface area (Å²) >= 11 is 0. The molecule has 0 saturated heterocycles. The molecule has 106 heavy (non-hydrogen) atoms. The zero-order valence-electron chi connectivity index (χ0n) is 58.1. The summed E-state index contributed by atoms with van der Waals surface area (Å²) in [6.45, 7) is 15.2. The third-order valence-corrected chi connectivity index (χ3v) is 19.9. The van der Waals surface area contributed by atoms with Crippen LogP contribution in [0.2, 0.25) is 0 Å². The van der Waals surface area contributed by atoms with Gasteiger partial charge in [-0.3, -0.25) is 0 Å². The molecule has 0 saturated carbocycles. The third-order valence-electron chi connectivity index (χ3n) is 19.9. The fraction of sp³-hybridized carbons (Fsp3) is 0.106. The number of ether oxygens (including phenoxy) is 8. The molecule has 0 bridgehead atoms. The van der Waals surface area contributed by atoms with E-state index in [9.17, 15) is 19.2 Å². The molecule has 2 aliphatic carbocycles. The van der Waals surface area contributed by atoms with Gasteiger partial charge in [-0.25, -0.2) is 19.2 Å². The van der Waals surface area contributed by atoms with E-state index in [0.29, 0.717) is 23.0 Å². The lowest BCUT2D eigenvalue weighted by atomic mass is 9.66. The van der Waals surface area contributed by atoms with Gasteiger partial charge >= 0.3 is 23.9 Å². The van der Waals surface area contributed by atoms with Gasteiger partial charge in [-0.1, -0.05) is 220 Å². The summed E-state index contributed by atoms with van der Waals surface area (Å²) in [5.74, 6) is 0.917. The number of benzene rings is 14. The second-order valence-electron chi connectivity index (χ2n) is 25.8. The van der Waals surface area contributed by atoms with E-state index in [0.717, 1.165) is 89.6 Å². The Hall–Kier alpha value is -13.3. The predicted octanol–water partition coefficient (Wildman–Crippen LogP) is 19.5. The fourth-order valence-corrected chi connectivity index (χ4v) is 15.4. The van der Waals surface area contributed by atoms with Crippen LogP contribution in [0.3, 0.4) is 0 Å². The lowest BCUT2D eigenvalue weighted by Crippen LogP contribution is -2.29. The normalized spacial score (nSPS) is 13.4. The topological polar surface area (TPSA) is 142 Å². The molecule has 16 rings (SSSR count). The molecule has 0 N–H and O–H groups in total. The summed E-state index contributed by atoms with van der Waals surface area (Å²) in [5, 5.41) is 13.2. The van der Waals surface area contributed by atoms with Gasteiger partial charge in [0.15, 0.2) is 0 Å². The van der Waals surface area contributed by atoms with Crippen molar-refractivity contribution in [3.8, 4) is 45.3 Å². The van der Waals surface area contributed by atoms with E-state index in [4.69, 9.17) is 37.9 Å². The fourth-order valence-electron chi connectivity index (χ4n) is 15.4. The zero-order valence-corrected chi connectivity index (χ0v) is 58.1. The minimum atomic E-state index is -0.689. The number of esters is 4. The van der Waals surface area contributed by atoms with Gasteiger partial charge in [-0.05, 0) is 199 Å². The Bertz CT molecular complexity index is 5740. The maximum absolute atomic E-state index is 11.6. The van der Waals surface area contributed by atoms with Crippen LogP contribution >= 0.6 is 0 Å². The van der Waals surface area contributed by atoms with Crippen molar-refractivity contribution in [3.63, 3.8) is 0 Å². The lowest BCUT2D eigenvalue weighted by Gasteiger charge is -2.35. The predicted molar refractivity (Wildman–Crippen MR) is 419 cm³/mol. The number of hydrogen-bond acceptors (Lipinski definition) is 12. The van der Waals surface area contributed by atoms with E-state index in [2.05, 4.69) is 245 Å². The summed E-state index contributed by atoms with van der Waals surface area (Å²) in [4.78, 5) is 45.9. The number of rotatable bonds is 24. The summed E-state index contributed by atoms with van der Waals surface area (Å²) in [7, 11) is 0. The molecule has 0 spiro atoms. The van der Waals surface area contributed by atoms with Gasteiger partial charge in [0.1, 0.15) is 75.9 Å². The van der Waals surface area contributed by atoms with Gasteiger partial charge < -0.3 is 37.9 Å². The van der Waals surface area contributed by atoms with Crippen molar-refractivity contribution in [2.24, 2.45) is 0 Å². The minimum Gasteiger partial charge on any atom is -0.490 e. The van der Waals surface area contributed by atoms with Gasteiger partial charge in [0.2, 0.25) is 0 Å².